The molecule has 88 valence electrons. The van der Waals surface area contributed by atoms with Crippen LogP contribution in [0.1, 0.15) is 13.3 Å². The Balaban J connectivity index is 2.32. The number of pyridine rings is 1. The first-order valence-electron chi connectivity index (χ1n) is 5.63. The summed E-state index contributed by atoms with van der Waals surface area (Å²) in [5, 5.41) is 0. The van der Waals surface area contributed by atoms with Crippen LogP contribution in [-0.4, -0.2) is 11.6 Å². The standard InChI is InChI=1S/C14H14BrNO/c1-2-7-17-14-9-12(8-13(15)10-14)11-3-5-16-6-4-11/h3-6,8-10H,2,7H2,1H3. The summed E-state index contributed by atoms with van der Waals surface area (Å²) in [6, 6.07) is 10.1. The average Bonchev–Trinajstić information content (AvgIpc) is 2.37. The molecule has 0 fully saturated rings. The van der Waals surface area contributed by atoms with Gasteiger partial charge in [-0.15, -0.1) is 0 Å². The van der Waals surface area contributed by atoms with E-state index in [2.05, 4.69) is 40.0 Å². The van der Waals surface area contributed by atoms with Crippen molar-refractivity contribution in [2.75, 3.05) is 6.61 Å². The number of ether oxygens (including phenoxy) is 1. The van der Waals surface area contributed by atoms with Gasteiger partial charge < -0.3 is 4.74 Å². The molecule has 0 aliphatic carbocycles. The van der Waals surface area contributed by atoms with Crippen molar-refractivity contribution in [3.05, 3.63) is 47.2 Å². The second-order valence-corrected chi connectivity index (χ2v) is 4.68. The van der Waals surface area contributed by atoms with Crippen LogP contribution in [0.4, 0.5) is 0 Å². The van der Waals surface area contributed by atoms with E-state index in [0.717, 1.165) is 34.4 Å². The van der Waals surface area contributed by atoms with E-state index < -0.39 is 0 Å². The number of benzene rings is 1. The van der Waals surface area contributed by atoms with E-state index in [1.165, 1.54) is 0 Å². The molecule has 3 heteroatoms. The third kappa shape index (κ3) is 3.30. The summed E-state index contributed by atoms with van der Waals surface area (Å²) >= 11 is 3.51. The molecule has 0 radical (unpaired) electrons. The van der Waals surface area contributed by atoms with Gasteiger partial charge in [-0.05, 0) is 47.9 Å². The Morgan fingerprint density at radius 1 is 1.12 bits per heavy atom. The molecule has 0 aliphatic rings. The van der Waals surface area contributed by atoms with Crippen LogP contribution in [0.25, 0.3) is 11.1 Å². The van der Waals surface area contributed by atoms with Crippen molar-refractivity contribution in [2.24, 2.45) is 0 Å². The molecule has 2 nitrogen and oxygen atoms in total. The van der Waals surface area contributed by atoms with Crippen molar-refractivity contribution in [1.29, 1.82) is 0 Å². The molecule has 0 aliphatic heterocycles. The summed E-state index contributed by atoms with van der Waals surface area (Å²) in [5.41, 5.74) is 2.27. The maximum Gasteiger partial charge on any atom is 0.121 e. The van der Waals surface area contributed by atoms with Crippen molar-refractivity contribution in [1.82, 2.24) is 4.98 Å². The van der Waals surface area contributed by atoms with Crippen LogP contribution >= 0.6 is 15.9 Å². The molecule has 2 rings (SSSR count). The number of nitrogens with zero attached hydrogens (tertiary/aromatic N) is 1. The number of hydrogen-bond acceptors (Lipinski definition) is 2. The normalized spacial score (nSPS) is 10.2. The summed E-state index contributed by atoms with van der Waals surface area (Å²) < 4.78 is 6.68. The minimum atomic E-state index is 0.742. The highest BCUT2D eigenvalue weighted by molar-refractivity contribution is 9.10. The molecule has 17 heavy (non-hydrogen) atoms. The topological polar surface area (TPSA) is 22.1 Å². The smallest absolute Gasteiger partial charge is 0.121 e. The van der Waals surface area contributed by atoms with Crippen LogP contribution in [0.2, 0.25) is 0 Å². The Bertz CT molecular complexity index is 485. The summed E-state index contributed by atoms with van der Waals surface area (Å²) in [6.07, 6.45) is 4.60. The monoisotopic (exact) mass is 291 g/mol. The van der Waals surface area contributed by atoms with Crippen LogP contribution < -0.4 is 4.74 Å². The van der Waals surface area contributed by atoms with Gasteiger partial charge in [0.1, 0.15) is 5.75 Å². The van der Waals surface area contributed by atoms with Crippen LogP contribution in [0.5, 0.6) is 5.75 Å². The molecule has 0 atom stereocenters. The van der Waals surface area contributed by atoms with E-state index in [0.29, 0.717) is 0 Å². The van der Waals surface area contributed by atoms with Crippen LogP contribution in [-0.2, 0) is 0 Å². The van der Waals surface area contributed by atoms with Crippen LogP contribution in [0.3, 0.4) is 0 Å². The first-order chi connectivity index (χ1) is 8.29. The van der Waals surface area contributed by atoms with Gasteiger partial charge in [0.25, 0.3) is 0 Å². The predicted molar refractivity (Wildman–Crippen MR) is 73.2 cm³/mol. The molecule has 0 N–H and O–H groups in total. The Hall–Kier alpha value is -1.35. The Kier molecular flexibility index (Phi) is 4.15. The summed E-state index contributed by atoms with van der Waals surface area (Å²) in [6.45, 7) is 2.84. The van der Waals surface area contributed by atoms with Crippen molar-refractivity contribution < 1.29 is 4.74 Å². The van der Waals surface area contributed by atoms with Gasteiger partial charge in [0.05, 0.1) is 6.61 Å². The zero-order valence-corrected chi connectivity index (χ0v) is 11.3. The second kappa shape index (κ2) is 5.82. The molecule has 1 heterocycles. The lowest BCUT2D eigenvalue weighted by atomic mass is 10.1. The third-order valence-electron chi connectivity index (χ3n) is 2.36. The summed E-state index contributed by atoms with van der Waals surface area (Å²) in [5.74, 6) is 0.896. The van der Waals surface area contributed by atoms with Crippen molar-refractivity contribution in [3.63, 3.8) is 0 Å². The van der Waals surface area contributed by atoms with E-state index in [4.69, 9.17) is 4.74 Å². The summed E-state index contributed by atoms with van der Waals surface area (Å²) in [4.78, 5) is 4.02. The predicted octanol–water partition coefficient (Wildman–Crippen LogP) is 4.30. The Morgan fingerprint density at radius 2 is 1.88 bits per heavy atom. The molecule has 0 amide bonds. The van der Waals surface area contributed by atoms with Crippen LogP contribution in [0.15, 0.2) is 47.2 Å². The average molecular weight is 292 g/mol. The molecule has 2 aromatic rings. The quantitative estimate of drug-likeness (QED) is 0.838. The van der Waals surface area contributed by atoms with E-state index in [1.54, 1.807) is 12.4 Å². The van der Waals surface area contributed by atoms with Gasteiger partial charge >= 0.3 is 0 Å². The van der Waals surface area contributed by atoms with Gasteiger partial charge in [-0.2, -0.15) is 0 Å². The first-order valence-corrected chi connectivity index (χ1v) is 6.42. The lowest BCUT2D eigenvalue weighted by Gasteiger charge is -2.08. The number of aromatic nitrogens is 1. The Morgan fingerprint density at radius 3 is 2.59 bits per heavy atom. The highest BCUT2D eigenvalue weighted by atomic mass is 79.9. The van der Waals surface area contributed by atoms with E-state index in [9.17, 15) is 0 Å². The molecule has 0 bridgehead atoms. The fourth-order valence-corrected chi connectivity index (χ4v) is 2.05. The van der Waals surface area contributed by atoms with E-state index in [-0.39, 0.29) is 0 Å². The molecular formula is C14H14BrNO. The van der Waals surface area contributed by atoms with Crippen molar-refractivity contribution >= 4 is 15.9 Å². The molecule has 0 saturated carbocycles. The maximum absolute atomic E-state index is 5.65. The van der Waals surface area contributed by atoms with Gasteiger partial charge in [0.15, 0.2) is 0 Å². The van der Waals surface area contributed by atoms with Gasteiger partial charge in [0.2, 0.25) is 0 Å². The SMILES string of the molecule is CCCOc1cc(Br)cc(-c2ccncc2)c1. The molecular weight excluding hydrogens is 278 g/mol. The van der Waals surface area contributed by atoms with Gasteiger partial charge in [-0.3, -0.25) is 4.98 Å². The third-order valence-corrected chi connectivity index (χ3v) is 2.82. The molecule has 1 aromatic heterocycles. The highest BCUT2D eigenvalue weighted by Gasteiger charge is 2.02. The lowest BCUT2D eigenvalue weighted by Crippen LogP contribution is -1.95. The van der Waals surface area contributed by atoms with Crippen molar-refractivity contribution in [2.45, 2.75) is 13.3 Å². The minimum Gasteiger partial charge on any atom is -0.494 e. The minimum absolute atomic E-state index is 0.742. The zero-order chi connectivity index (χ0) is 12.1. The van der Waals surface area contributed by atoms with E-state index in [1.807, 2.05) is 18.2 Å². The highest BCUT2D eigenvalue weighted by Crippen LogP contribution is 2.28. The Labute approximate surface area is 110 Å². The molecule has 1 aromatic carbocycles. The fraction of sp³-hybridized carbons (Fsp3) is 0.214. The largest absolute Gasteiger partial charge is 0.494 e. The fourth-order valence-electron chi connectivity index (χ4n) is 1.58. The van der Waals surface area contributed by atoms with E-state index >= 15 is 0 Å². The maximum atomic E-state index is 5.65. The second-order valence-electron chi connectivity index (χ2n) is 3.76. The lowest BCUT2D eigenvalue weighted by molar-refractivity contribution is 0.317. The van der Waals surface area contributed by atoms with Crippen LogP contribution in [0, 0.1) is 0 Å². The van der Waals surface area contributed by atoms with Gasteiger partial charge in [0, 0.05) is 16.9 Å². The molecule has 0 unspecified atom stereocenters. The number of halogens is 1. The molecule has 0 saturated heterocycles. The number of rotatable bonds is 4. The number of hydrogen-bond donors (Lipinski definition) is 0. The van der Waals surface area contributed by atoms with Gasteiger partial charge in [-0.25, -0.2) is 0 Å². The summed E-state index contributed by atoms with van der Waals surface area (Å²) in [7, 11) is 0. The van der Waals surface area contributed by atoms with Gasteiger partial charge in [-0.1, -0.05) is 22.9 Å². The first kappa shape index (κ1) is 12.1. The zero-order valence-electron chi connectivity index (χ0n) is 9.69. The molecule has 0 spiro atoms. The van der Waals surface area contributed by atoms with Crippen molar-refractivity contribution in [3.8, 4) is 16.9 Å².